The van der Waals surface area contributed by atoms with Crippen molar-refractivity contribution < 1.29 is 17.6 Å². The minimum absolute atomic E-state index is 0.219. The van der Waals surface area contributed by atoms with Crippen molar-refractivity contribution in [3.63, 3.8) is 0 Å². The third kappa shape index (κ3) is 3.48. The van der Waals surface area contributed by atoms with Gasteiger partial charge in [0.25, 0.3) is 0 Å². The molecule has 0 bridgehead atoms. The van der Waals surface area contributed by atoms with E-state index in [1.165, 1.54) is 18.3 Å². The van der Waals surface area contributed by atoms with Crippen molar-refractivity contribution in [2.45, 2.75) is 19.0 Å². The van der Waals surface area contributed by atoms with E-state index in [0.717, 1.165) is 18.3 Å². The number of rotatable bonds is 3. The summed E-state index contributed by atoms with van der Waals surface area (Å²) in [4.78, 5) is 3.61. The molecule has 0 saturated carbocycles. The van der Waals surface area contributed by atoms with Gasteiger partial charge >= 0.3 is 6.18 Å². The molecule has 0 saturated heterocycles. The Morgan fingerprint density at radius 2 is 1.65 bits per heavy atom. The van der Waals surface area contributed by atoms with Crippen molar-refractivity contribution in [1.29, 1.82) is 0 Å². The Balaban J connectivity index is 2.08. The predicted molar refractivity (Wildman–Crippen MR) is 68.1 cm³/mol. The Kier molecular flexibility index (Phi) is 4.28. The molecule has 0 radical (unpaired) electrons. The summed E-state index contributed by atoms with van der Waals surface area (Å²) in [5.74, 6) is -0.510. The normalized spacial score (nSPS) is 11.7. The van der Waals surface area contributed by atoms with Crippen LogP contribution in [0.5, 0.6) is 0 Å². The highest BCUT2D eigenvalue weighted by molar-refractivity contribution is 6.31. The second-order valence-electron chi connectivity index (χ2n) is 4.28. The highest BCUT2D eigenvalue weighted by atomic mass is 35.5. The lowest BCUT2D eigenvalue weighted by Gasteiger charge is -2.08. The fourth-order valence-electron chi connectivity index (χ4n) is 1.81. The molecule has 1 aromatic carbocycles. The van der Waals surface area contributed by atoms with Crippen molar-refractivity contribution >= 4 is 11.6 Å². The van der Waals surface area contributed by atoms with Gasteiger partial charge in [0.1, 0.15) is 5.82 Å². The fraction of sp³-hybridized carbons (Fsp3) is 0.214. The van der Waals surface area contributed by atoms with Crippen LogP contribution < -0.4 is 0 Å². The molecule has 1 nitrogen and oxygen atoms in total. The zero-order valence-corrected chi connectivity index (χ0v) is 11.0. The van der Waals surface area contributed by atoms with E-state index in [9.17, 15) is 17.6 Å². The minimum atomic E-state index is -4.35. The molecule has 0 spiro atoms. The zero-order valence-electron chi connectivity index (χ0n) is 10.2. The number of hydrogen-bond donors (Lipinski definition) is 0. The molecule has 0 atom stereocenters. The summed E-state index contributed by atoms with van der Waals surface area (Å²) in [6, 6.07) is 4.80. The summed E-state index contributed by atoms with van der Waals surface area (Å²) in [5, 5.41) is 0.219. The highest BCUT2D eigenvalue weighted by Gasteiger charge is 2.29. The van der Waals surface area contributed by atoms with Gasteiger partial charge in [-0.05, 0) is 30.5 Å². The maximum Gasteiger partial charge on any atom is 0.416 e. The van der Waals surface area contributed by atoms with Gasteiger partial charge in [0, 0.05) is 11.8 Å². The van der Waals surface area contributed by atoms with Crippen LogP contribution in [0.15, 0.2) is 36.7 Å². The first kappa shape index (κ1) is 14.8. The van der Waals surface area contributed by atoms with E-state index in [4.69, 9.17) is 11.6 Å². The zero-order chi connectivity index (χ0) is 14.8. The van der Waals surface area contributed by atoms with E-state index in [1.54, 1.807) is 0 Å². The molecule has 1 heterocycles. The molecule has 0 aliphatic heterocycles. The van der Waals surface area contributed by atoms with Crippen molar-refractivity contribution in [1.82, 2.24) is 4.98 Å². The quantitative estimate of drug-likeness (QED) is 0.750. The summed E-state index contributed by atoms with van der Waals surface area (Å²) in [6.07, 6.45) is -1.24. The molecular formula is C14H10ClF4N. The van der Waals surface area contributed by atoms with Crippen LogP contribution in [-0.4, -0.2) is 4.98 Å². The van der Waals surface area contributed by atoms with Crippen molar-refractivity contribution in [3.8, 4) is 0 Å². The molecule has 106 valence electrons. The SMILES string of the molecule is Fc1cncc(Cl)c1CCc1ccc(C(F)(F)F)cc1. The molecular weight excluding hydrogens is 294 g/mol. The first-order valence-electron chi connectivity index (χ1n) is 5.82. The average molecular weight is 304 g/mol. The first-order valence-corrected chi connectivity index (χ1v) is 6.20. The van der Waals surface area contributed by atoms with Crippen LogP contribution >= 0.6 is 11.6 Å². The van der Waals surface area contributed by atoms with Crippen molar-refractivity contribution in [3.05, 3.63) is 64.2 Å². The number of aromatic nitrogens is 1. The number of benzene rings is 1. The number of pyridine rings is 1. The van der Waals surface area contributed by atoms with E-state index in [0.29, 0.717) is 24.0 Å². The second kappa shape index (κ2) is 5.79. The van der Waals surface area contributed by atoms with E-state index in [-0.39, 0.29) is 5.02 Å². The topological polar surface area (TPSA) is 12.9 Å². The van der Waals surface area contributed by atoms with Gasteiger partial charge < -0.3 is 0 Å². The number of hydrogen-bond acceptors (Lipinski definition) is 1. The van der Waals surface area contributed by atoms with Gasteiger partial charge in [-0.2, -0.15) is 13.2 Å². The minimum Gasteiger partial charge on any atom is -0.260 e. The van der Waals surface area contributed by atoms with Gasteiger partial charge in [0.15, 0.2) is 0 Å². The number of halogens is 5. The summed E-state index contributed by atoms with van der Waals surface area (Å²) in [6.45, 7) is 0. The lowest BCUT2D eigenvalue weighted by Crippen LogP contribution is -2.04. The molecule has 6 heteroatoms. The number of alkyl halides is 3. The second-order valence-corrected chi connectivity index (χ2v) is 4.68. The molecule has 0 aliphatic rings. The van der Waals surface area contributed by atoms with Crippen LogP contribution in [0, 0.1) is 5.82 Å². The molecule has 0 unspecified atom stereocenters. The molecule has 0 amide bonds. The Morgan fingerprint density at radius 3 is 2.20 bits per heavy atom. The summed E-state index contributed by atoms with van der Waals surface area (Å²) in [5.41, 5.74) is 0.307. The Bertz CT molecular complexity index is 573. The maximum absolute atomic E-state index is 13.5. The smallest absolute Gasteiger partial charge is 0.260 e. The predicted octanol–water partition coefficient (Wildman–Crippen LogP) is 4.68. The molecule has 2 aromatic rings. The molecule has 20 heavy (non-hydrogen) atoms. The molecule has 0 fully saturated rings. The van der Waals surface area contributed by atoms with Gasteiger partial charge in [-0.25, -0.2) is 4.39 Å². The number of aryl methyl sites for hydroxylation is 1. The van der Waals surface area contributed by atoms with Crippen LogP contribution in [0.2, 0.25) is 5.02 Å². The third-order valence-electron chi connectivity index (χ3n) is 2.90. The van der Waals surface area contributed by atoms with Crippen molar-refractivity contribution in [2.24, 2.45) is 0 Å². The molecule has 1 aromatic heterocycles. The average Bonchev–Trinajstić information content (AvgIpc) is 2.37. The Labute approximate surface area is 118 Å². The van der Waals surface area contributed by atoms with Crippen LogP contribution in [0.3, 0.4) is 0 Å². The van der Waals surface area contributed by atoms with Crippen LogP contribution in [-0.2, 0) is 19.0 Å². The first-order chi connectivity index (χ1) is 9.38. The van der Waals surface area contributed by atoms with Crippen LogP contribution in [0.25, 0.3) is 0 Å². The largest absolute Gasteiger partial charge is 0.416 e. The highest BCUT2D eigenvalue weighted by Crippen LogP contribution is 2.29. The van der Waals surface area contributed by atoms with Crippen molar-refractivity contribution in [2.75, 3.05) is 0 Å². The van der Waals surface area contributed by atoms with Gasteiger partial charge in [-0.15, -0.1) is 0 Å². The van der Waals surface area contributed by atoms with E-state index in [2.05, 4.69) is 4.98 Å². The summed E-state index contributed by atoms with van der Waals surface area (Å²) < 4.78 is 50.7. The van der Waals surface area contributed by atoms with E-state index in [1.807, 2.05) is 0 Å². The van der Waals surface area contributed by atoms with Crippen LogP contribution in [0.1, 0.15) is 16.7 Å². The third-order valence-corrected chi connectivity index (χ3v) is 3.22. The Hall–Kier alpha value is -1.62. The van der Waals surface area contributed by atoms with Gasteiger partial charge in [-0.1, -0.05) is 23.7 Å². The van der Waals surface area contributed by atoms with Gasteiger partial charge in [-0.3, -0.25) is 4.98 Å². The monoisotopic (exact) mass is 303 g/mol. The lowest BCUT2D eigenvalue weighted by molar-refractivity contribution is -0.137. The van der Waals surface area contributed by atoms with Gasteiger partial charge in [0.05, 0.1) is 16.8 Å². The maximum atomic E-state index is 13.5. The Morgan fingerprint density at radius 1 is 1.00 bits per heavy atom. The van der Waals surface area contributed by atoms with Crippen LogP contribution in [0.4, 0.5) is 17.6 Å². The fourth-order valence-corrected chi connectivity index (χ4v) is 2.05. The molecule has 2 rings (SSSR count). The standard InChI is InChI=1S/C14H10ClF4N/c15-12-7-20-8-13(16)11(12)6-3-9-1-4-10(5-2-9)14(17,18)19/h1-2,4-5,7-8H,3,6H2. The number of nitrogens with zero attached hydrogens (tertiary/aromatic N) is 1. The molecule has 0 aliphatic carbocycles. The van der Waals surface area contributed by atoms with Gasteiger partial charge in [0.2, 0.25) is 0 Å². The molecule has 0 N–H and O–H groups in total. The van der Waals surface area contributed by atoms with E-state index < -0.39 is 17.6 Å². The van der Waals surface area contributed by atoms with E-state index >= 15 is 0 Å². The summed E-state index contributed by atoms with van der Waals surface area (Å²) in [7, 11) is 0. The lowest BCUT2D eigenvalue weighted by atomic mass is 10.0. The summed E-state index contributed by atoms with van der Waals surface area (Å²) >= 11 is 5.83.